The van der Waals surface area contributed by atoms with Crippen LogP contribution in [0.4, 0.5) is 9.18 Å². The van der Waals surface area contributed by atoms with Crippen LogP contribution in [-0.4, -0.2) is 96.2 Å². The summed E-state index contributed by atoms with van der Waals surface area (Å²) in [5, 5.41) is 18.5. The van der Waals surface area contributed by atoms with Gasteiger partial charge < -0.3 is 25.6 Å². The maximum Gasteiger partial charge on any atom is 0.408 e. The van der Waals surface area contributed by atoms with E-state index in [1.54, 1.807) is 0 Å². The van der Waals surface area contributed by atoms with E-state index in [-0.39, 0.29) is 36.2 Å². The number of nitrogens with zero attached hydrogens (tertiary/aromatic N) is 3. The van der Waals surface area contributed by atoms with E-state index in [0.29, 0.717) is 32.5 Å². The summed E-state index contributed by atoms with van der Waals surface area (Å²) < 4.78 is 18.3. The Kier molecular flexibility index (Phi) is 9.12. The van der Waals surface area contributed by atoms with Gasteiger partial charge in [0.05, 0.1) is 6.07 Å². The molecule has 0 radical (unpaired) electrons. The van der Waals surface area contributed by atoms with Crippen LogP contribution < -0.4 is 16.0 Å². The molecule has 0 aromatic carbocycles. The van der Waals surface area contributed by atoms with E-state index in [4.69, 9.17) is 4.74 Å². The van der Waals surface area contributed by atoms with Crippen molar-refractivity contribution in [2.75, 3.05) is 32.9 Å². The third kappa shape index (κ3) is 6.82. The molecule has 12 heteroatoms. The quantitative estimate of drug-likeness (QED) is 0.373. The first kappa shape index (κ1) is 32.0. The number of alkyl carbamates (subject to hydrolysis) is 1. The molecule has 6 atom stereocenters. The minimum absolute atomic E-state index is 0.0411. The summed E-state index contributed by atoms with van der Waals surface area (Å²) in [7, 11) is 0. The van der Waals surface area contributed by atoms with Crippen LogP contribution in [0.1, 0.15) is 73.6 Å². The number of hydrogen-bond donors (Lipinski definition) is 3. The van der Waals surface area contributed by atoms with Gasteiger partial charge in [0.1, 0.15) is 30.9 Å². The Labute approximate surface area is 248 Å². The monoisotopic (exact) mass is 590 g/mol. The van der Waals surface area contributed by atoms with Gasteiger partial charge in [-0.05, 0) is 48.9 Å². The smallest absolute Gasteiger partial charge is 0.408 e. The van der Waals surface area contributed by atoms with Crippen molar-refractivity contribution >= 4 is 23.8 Å². The second kappa shape index (κ2) is 12.0. The van der Waals surface area contributed by atoms with Crippen molar-refractivity contribution in [2.24, 2.45) is 22.7 Å². The molecule has 1 aliphatic carbocycles. The van der Waals surface area contributed by atoms with E-state index in [0.717, 1.165) is 12.8 Å². The Balaban J connectivity index is 1.45. The Morgan fingerprint density at radius 3 is 2.48 bits per heavy atom. The van der Waals surface area contributed by atoms with Crippen LogP contribution >= 0.6 is 0 Å². The number of likely N-dealkylation sites (tertiary alicyclic amines) is 2. The summed E-state index contributed by atoms with van der Waals surface area (Å²) in [6.07, 6.45) is 2.24. The molecule has 0 aromatic heterocycles. The van der Waals surface area contributed by atoms with Crippen LogP contribution in [0.2, 0.25) is 0 Å². The third-order valence-corrected chi connectivity index (χ3v) is 9.81. The number of alkyl halides is 1. The first-order chi connectivity index (χ1) is 19.6. The van der Waals surface area contributed by atoms with E-state index in [2.05, 4.69) is 22.0 Å². The fraction of sp³-hybridized carbons (Fsp3) is 0.833. The van der Waals surface area contributed by atoms with Crippen LogP contribution in [0.3, 0.4) is 0 Å². The van der Waals surface area contributed by atoms with Gasteiger partial charge in [-0.3, -0.25) is 19.3 Å². The molecule has 11 nitrogen and oxygen atoms in total. The Bertz CT molecular complexity index is 1110. The highest BCUT2D eigenvalue weighted by Crippen LogP contribution is 2.46. The van der Waals surface area contributed by atoms with Gasteiger partial charge in [0.15, 0.2) is 0 Å². The number of rotatable bonds is 9. The van der Waals surface area contributed by atoms with Crippen LogP contribution in [0, 0.1) is 34.0 Å². The standard InChI is InChI=1S/C30H47FN6O5/c1-18-16-37(26(40)22(28(2,3)4)34-27(41)42-21-7-11-36(17-21)12-10-31)23(29(18,5)6)25(39)33-20(15-32)13-19-14-30(8-9-30)35-24(19)38/h18-23H,7-14,16-17H2,1-6H3,(H,33,39)(H,34,41)(H,35,38)/t18-,19-,20+,21+,22-,23-/m1/s1. The largest absolute Gasteiger partial charge is 0.445 e. The van der Waals surface area contributed by atoms with Crippen LogP contribution in [-0.2, 0) is 19.1 Å². The van der Waals surface area contributed by atoms with Gasteiger partial charge in [0.25, 0.3) is 0 Å². The van der Waals surface area contributed by atoms with Crippen molar-refractivity contribution < 1.29 is 28.3 Å². The minimum atomic E-state index is -0.978. The summed E-state index contributed by atoms with van der Waals surface area (Å²) in [6.45, 7) is 12.5. The lowest BCUT2D eigenvalue weighted by Crippen LogP contribution is -2.60. The molecule has 3 N–H and O–H groups in total. The molecule has 3 aliphatic heterocycles. The van der Waals surface area contributed by atoms with Crippen LogP contribution in [0.25, 0.3) is 0 Å². The molecule has 0 unspecified atom stereocenters. The lowest BCUT2D eigenvalue weighted by molar-refractivity contribution is -0.144. The molecular formula is C30H47FN6O5. The van der Waals surface area contributed by atoms with Gasteiger partial charge >= 0.3 is 6.09 Å². The fourth-order valence-corrected chi connectivity index (χ4v) is 6.67. The lowest BCUT2D eigenvalue weighted by Gasteiger charge is -2.38. The molecule has 0 aromatic rings. The second-order valence-electron chi connectivity index (χ2n) is 14.5. The van der Waals surface area contributed by atoms with Gasteiger partial charge in [-0.1, -0.05) is 41.5 Å². The van der Waals surface area contributed by atoms with Gasteiger partial charge in [0, 0.05) is 37.6 Å². The zero-order chi connectivity index (χ0) is 31.0. The summed E-state index contributed by atoms with van der Waals surface area (Å²) in [5.74, 6) is -1.30. The molecule has 234 valence electrons. The summed E-state index contributed by atoms with van der Waals surface area (Å²) >= 11 is 0. The molecule has 42 heavy (non-hydrogen) atoms. The number of nitriles is 1. The first-order valence-corrected chi connectivity index (χ1v) is 15.2. The first-order valence-electron chi connectivity index (χ1n) is 15.2. The summed E-state index contributed by atoms with van der Waals surface area (Å²) in [4.78, 5) is 56.7. The lowest BCUT2D eigenvalue weighted by atomic mass is 9.77. The molecule has 1 spiro atoms. The molecule has 0 bridgehead atoms. The maximum absolute atomic E-state index is 14.1. The van der Waals surface area contributed by atoms with Crippen molar-refractivity contribution in [1.29, 1.82) is 5.26 Å². The third-order valence-electron chi connectivity index (χ3n) is 9.81. The Morgan fingerprint density at radius 1 is 1.21 bits per heavy atom. The van der Waals surface area contributed by atoms with Crippen molar-refractivity contribution in [3.8, 4) is 6.07 Å². The average Bonchev–Trinajstić information content (AvgIpc) is 3.25. The molecule has 4 fully saturated rings. The highest BCUT2D eigenvalue weighted by atomic mass is 19.1. The van der Waals surface area contributed by atoms with Crippen molar-refractivity contribution in [3.63, 3.8) is 0 Å². The number of hydrogen-bond acceptors (Lipinski definition) is 7. The van der Waals surface area contributed by atoms with Crippen molar-refractivity contribution in [3.05, 3.63) is 0 Å². The molecule has 3 heterocycles. The molecule has 4 amide bonds. The minimum Gasteiger partial charge on any atom is -0.445 e. The molecule has 4 rings (SSSR count). The van der Waals surface area contributed by atoms with E-state index in [9.17, 15) is 28.8 Å². The highest BCUT2D eigenvalue weighted by Gasteiger charge is 2.55. The van der Waals surface area contributed by atoms with Crippen LogP contribution in [0.15, 0.2) is 0 Å². The second-order valence-corrected chi connectivity index (χ2v) is 14.5. The number of amides is 4. The molecule has 3 saturated heterocycles. The zero-order valence-electron chi connectivity index (χ0n) is 25.8. The fourth-order valence-electron chi connectivity index (χ4n) is 6.67. The number of nitrogens with one attached hydrogen (secondary N) is 3. The molecule has 4 aliphatic rings. The van der Waals surface area contributed by atoms with Gasteiger partial charge in [-0.25, -0.2) is 9.18 Å². The van der Waals surface area contributed by atoms with Gasteiger partial charge in [-0.2, -0.15) is 5.26 Å². The predicted octanol–water partition coefficient (Wildman–Crippen LogP) is 2.11. The average molecular weight is 591 g/mol. The van der Waals surface area contributed by atoms with E-state index >= 15 is 0 Å². The SMILES string of the molecule is C[C@@H]1CN(C(=O)[C@@H](NC(=O)O[C@H]2CCN(CCF)C2)C(C)(C)C)[C@H](C(=O)N[C@H](C#N)C[C@@H]2CC3(CC3)NC2=O)C1(C)C. The molecule has 1 saturated carbocycles. The van der Waals surface area contributed by atoms with E-state index in [1.165, 1.54) is 4.90 Å². The van der Waals surface area contributed by atoms with E-state index in [1.807, 2.05) is 46.4 Å². The maximum atomic E-state index is 14.1. The number of carbonyl (C=O) groups is 4. The van der Waals surface area contributed by atoms with Crippen molar-refractivity contribution in [1.82, 2.24) is 25.8 Å². The number of carbonyl (C=O) groups excluding carboxylic acids is 4. The normalized spacial score (nSPS) is 29.5. The Hall–Kier alpha value is -2.94. The number of ether oxygens (including phenoxy) is 1. The van der Waals surface area contributed by atoms with Crippen LogP contribution in [0.5, 0.6) is 0 Å². The number of halogens is 1. The Morgan fingerprint density at radius 2 is 1.90 bits per heavy atom. The van der Waals surface area contributed by atoms with Crippen molar-refractivity contribution in [2.45, 2.75) is 103 Å². The van der Waals surface area contributed by atoms with E-state index < -0.39 is 59.6 Å². The summed E-state index contributed by atoms with van der Waals surface area (Å²) in [5.41, 5.74) is -1.44. The topological polar surface area (TPSA) is 144 Å². The van der Waals surface area contributed by atoms with Gasteiger partial charge in [-0.15, -0.1) is 0 Å². The highest BCUT2D eigenvalue weighted by molar-refractivity contribution is 5.93. The summed E-state index contributed by atoms with van der Waals surface area (Å²) in [6, 6.07) is -0.593. The molecular weight excluding hydrogens is 543 g/mol. The predicted molar refractivity (Wildman–Crippen MR) is 153 cm³/mol. The van der Waals surface area contributed by atoms with Gasteiger partial charge in [0.2, 0.25) is 17.7 Å². The zero-order valence-corrected chi connectivity index (χ0v) is 25.8.